The van der Waals surface area contributed by atoms with Gasteiger partial charge in [-0.3, -0.25) is 15.5 Å². The van der Waals surface area contributed by atoms with E-state index >= 15 is 0 Å². The molecule has 2 aromatic rings. The zero-order valence-electron chi connectivity index (χ0n) is 10.2. The molecule has 0 amide bonds. The number of phenols is 1. The number of aromatic nitrogens is 2. The van der Waals surface area contributed by atoms with Crippen LogP contribution in [0.4, 0.5) is 11.5 Å². The van der Waals surface area contributed by atoms with Crippen LogP contribution in [0.1, 0.15) is 5.56 Å². The van der Waals surface area contributed by atoms with Crippen molar-refractivity contribution >= 4 is 40.9 Å². The largest absolute Gasteiger partial charge is 0.502 e. The third kappa shape index (κ3) is 3.77. The summed E-state index contributed by atoms with van der Waals surface area (Å²) in [6.45, 7) is 0. The molecule has 0 unspecified atom stereocenters. The smallest absolute Gasteiger partial charge is 0.312 e. The van der Waals surface area contributed by atoms with Gasteiger partial charge >= 0.3 is 5.69 Å². The third-order valence-electron chi connectivity index (χ3n) is 2.30. The summed E-state index contributed by atoms with van der Waals surface area (Å²) < 4.78 is 0. The van der Waals surface area contributed by atoms with Gasteiger partial charge in [-0.25, -0.2) is 0 Å². The number of hydrogen-bond donors (Lipinski definition) is 2. The van der Waals surface area contributed by atoms with Crippen molar-refractivity contribution in [3.8, 4) is 5.75 Å². The van der Waals surface area contributed by atoms with Gasteiger partial charge in [-0.05, 0) is 18.2 Å². The zero-order chi connectivity index (χ0) is 15.4. The number of halogens is 2. The van der Waals surface area contributed by atoms with Crippen LogP contribution in [0, 0.1) is 10.1 Å². The van der Waals surface area contributed by atoms with Gasteiger partial charge in [0.25, 0.3) is 0 Å². The fraction of sp³-hybridized carbons (Fsp3) is 0. The number of nitro benzene ring substituents is 1. The number of nitro groups is 1. The number of phenolic OH excluding ortho intramolecular Hbond substituents is 1. The summed E-state index contributed by atoms with van der Waals surface area (Å²) in [5.74, 6) is -0.219. The number of hydrazone groups is 1. The number of nitrogens with zero attached hydrogens (tertiary/aromatic N) is 4. The first-order valence-electron chi connectivity index (χ1n) is 5.42. The molecule has 21 heavy (non-hydrogen) atoms. The van der Waals surface area contributed by atoms with Gasteiger partial charge in [0.05, 0.1) is 11.1 Å². The van der Waals surface area contributed by atoms with E-state index in [4.69, 9.17) is 23.2 Å². The highest BCUT2D eigenvalue weighted by Gasteiger charge is 2.17. The molecule has 10 heteroatoms. The summed E-state index contributed by atoms with van der Waals surface area (Å²) in [6.07, 6.45) is 1.17. The number of nitrogens with one attached hydrogen (secondary N) is 1. The Labute approximate surface area is 128 Å². The van der Waals surface area contributed by atoms with E-state index in [1.165, 1.54) is 24.4 Å². The molecule has 0 atom stereocenters. The summed E-state index contributed by atoms with van der Waals surface area (Å²) in [6, 6.07) is 5.43. The van der Waals surface area contributed by atoms with Gasteiger partial charge in [-0.2, -0.15) is 5.10 Å². The maximum Gasteiger partial charge on any atom is 0.312 e. The second-order valence-corrected chi connectivity index (χ2v) is 4.55. The second kappa shape index (κ2) is 6.33. The molecular formula is C11H7Cl2N5O3. The van der Waals surface area contributed by atoms with Crippen molar-refractivity contribution in [2.45, 2.75) is 0 Å². The Morgan fingerprint density at radius 1 is 1.33 bits per heavy atom. The minimum atomic E-state index is -0.739. The molecule has 0 fully saturated rings. The van der Waals surface area contributed by atoms with Crippen molar-refractivity contribution in [2.24, 2.45) is 5.10 Å². The third-order valence-corrected chi connectivity index (χ3v) is 2.72. The monoisotopic (exact) mass is 327 g/mol. The molecule has 0 aliphatic heterocycles. The minimum absolute atomic E-state index is 0.0867. The van der Waals surface area contributed by atoms with E-state index in [2.05, 4.69) is 20.7 Å². The number of aromatic hydroxyl groups is 1. The Hall–Kier alpha value is -2.45. The highest BCUT2D eigenvalue weighted by molar-refractivity contribution is 6.31. The zero-order valence-corrected chi connectivity index (χ0v) is 11.7. The quantitative estimate of drug-likeness (QED) is 0.507. The Kier molecular flexibility index (Phi) is 4.51. The Balaban J connectivity index is 2.21. The fourth-order valence-electron chi connectivity index (χ4n) is 1.39. The van der Waals surface area contributed by atoms with Crippen molar-refractivity contribution in [3.63, 3.8) is 0 Å². The van der Waals surface area contributed by atoms with Crippen molar-refractivity contribution in [3.05, 3.63) is 50.1 Å². The molecule has 108 valence electrons. The molecule has 1 aromatic heterocycles. The first-order valence-corrected chi connectivity index (χ1v) is 6.18. The van der Waals surface area contributed by atoms with Gasteiger partial charge in [-0.15, -0.1) is 10.2 Å². The van der Waals surface area contributed by atoms with Crippen molar-refractivity contribution < 1.29 is 10.0 Å². The summed E-state index contributed by atoms with van der Waals surface area (Å²) in [7, 11) is 0. The van der Waals surface area contributed by atoms with Crippen LogP contribution in [-0.2, 0) is 0 Å². The molecule has 2 N–H and O–H groups in total. The second-order valence-electron chi connectivity index (χ2n) is 3.73. The lowest BCUT2D eigenvalue weighted by atomic mass is 10.2. The van der Waals surface area contributed by atoms with Crippen LogP contribution >= 0.6 is 23.2 Å². The van der Waals surface area contributed by atoms with Gasteiger partial charge < -0.3 is 5.11 Å². The predicted molar refractivity (Wildman–Crippen MR) is 78.0 cm³/mol. The van der Waals surface area contributed by atoms with Crippen LogP contribution < -0.4 is 5.43 Å². The lowest BCUT2D eigenvalue weighted by Crippen LogP contribution is -1.96. The number of anilines is 1. The number of hydrogen-bond acceptors (Lipinski definition) is 7. The molecule has 0 radical (unpaired) electrons. The fourth-order valence-corrected chi connectivity index (χ4v) is 1.71. The molecular weight excluding hydrogens is 321 g/mol. The van der Waals surface area contributed by atoms with Crippen molar-refractivity contribution in [1.82, 2.24) is 10.2 Å². The van der Waals surface area contributed by atoms with E-state index in [1.807, 2.05) is 0 Å². The topological polar surface area (TPSA) is 114 Å². The van der Waals surface area contributed by atoms with Crippen LogP contribution in [0.5, 0.6) is 5.75 Å². The van der Waals surface area contributed by atoms with Crippen molar-refractivity contribution in [1.29, 1.82) is 0 Å². The van der Waals surface area contributed by atoms with E-state index in [0.29, 0.717) is 5.82 Å². The lowest BCUT2D eigenvalue weighted by Gasteiger charge is -2.02. The summed E-state index contributed by atoms with van der Waals surface area (Å²) in [5, 5.41) is 31.9. The van der Waals surface area contributed by atoms with E-state index < -0.39 is 16.4 Å². The average Bonchev–Trinajstić information content (AvgIpc) is 2.44. The molecule has 0 saturated heterocycles. The molecule has 1 aromatic carbocycles. The summed E-state index contributed by atoms with van der Waals surface area (Å²) in [4.78, 5) is 10.0. The first-order chi connectivity index (χ1) is 9.97. The summed E-state index contributed by atoms with van der Waals surface area (Å²) in [5.41, 5.74) is 2.11. The molecule has 0 bridgehead atoms. The highest BCUT2D eigenvalue weighted by atomic mass is 35.5. The Morgan fingerprint density at radius 2 is 2.10 bits per heavy atom. The molecule has 0 saturated carbocycles. The van der Waals surface area contributed by atoms with Gasteiger partial charge in [0.15, 0.2) is 11.0 Å². The van der Waals surface area contributed by atoms with E-state index in [0.717, 1.165) is 6.07 Å². The SMILES string of the molecule is O=[N+]([O-])c1cc(Cl)cc(C=NNc2ccc(Cl)nn2)c1O. The standard InChI is InChI=1S/C11H7Cl2N5O3/c12-7-3-6(11(19)8(4-7)18(20)21)5-14-16-10-2-1-9(13)15-17-10/h1-5,19H,(H,16,17). The minimum Gasteiger partial charge on any atom is -0.502 e. The maximum absolute atomic E-state index is 10.7. The van der Waals surface area contributed by atoms with Crippen LogP contribution in [0.3, 0.4) is 0 Å². The normalized spacial score (nSPS) is 10.8. The molecule has 1 heterocycles. The average molecular weight is 328 g/mol. The number of rotatable bonds is 4. The maximum atomic E-state index is 10.7. The molecule has 8 nitrogen and oxygen atoms in total. The molecule has 2 rings (SSSR count). The lowest BCUT2D eigenvalue weighted by molar-refractivity contribution is -0.385. The van der Waals surface area contributed by atoms with Crippen LogP contribution in [0.25, 0.3) is 0 Å². The van der Waals surface area contributed by atoms with E-state index in [-0.39, 0.29) is 15.7 Å². The molecule has 0 aliphatic rings. The first kappa shape index (κ1) is 14.9. The highest BCUT2D eigenvalue weighted by Crippen LogP contribution is 2.32. The molecule has 0 aliphatic carbocycles. The van der Waals surface area contributed by atoms with Gasteiger partial charge in [0, 0.05) is 16.7 Å². The molecule has 0 spiro atoms. The van der Waals surface area contributed by atoms with Gasteiger partial charge in [0.2, 0.25) is 5.75 Å². The van der Waals surface area contributed by atoms with E-state index in [9.17, 15) is 15.2 Å². The number of benzene rings is 1. The summed E-state index contributed by atoms with van der Waals surface area (Å²) >= 11 is 11.3. The van der Waals surface area contributed by atoms with Gasteiger partial charge in [-0.1, -0.05) is 23.2 Å². The Morgan fingerprint density at radius 3 is 2.71 bits per heavy atom. The van der Waals surface area contributed by atoms with Crippen LogP contribution in [-0.4, -0.2) is 26.4 Å². The van der Waals surface area contributed by atoms with Crippen molar-refractivity contribution in [2.75, 3.05) is 5.43 Å². The van der Waals surface area contributed by atoms with E-state index in [1.54, 1.807) is 0 Å². The van der Waals surface area contributed by atoms with Crippen LogP contribution in [0.15, 0.2) is 29.4 Å². The predicted octanol–water partition coefficient (Wildman–Crippen LogP) is 2.84. The van der Waals surface area contributed by atoms with Crippen LogP contribution in [0.2, 0.25) is 10.2 Å². The van der Waals surface area contributed by atoms with Gasteiger partial charge in [0.1, 0.15) is 0 Å². The Bertz CT molecular complexity index is 706.